The van der Waals surface area contributed by atoms with Gasteiger partial charge in [0.2, 0.25) is 0 Å². The average Bonchev–Trinajstić information content (AvgIpc) is 2.36. The van der Waals surface area contributed by atoms with Gasteiger partial charge >= 0.3 is 0 Å². The Morgan fingerprint density at radius 3 is 2.18 bits per heavy atom. The van der Waals surface area contributed by atoms with Gasteiger partial charge in [0.25, 0.3) is 0 Å². The van der Waals surface area contributed by atoms with Gasteiger partial charge in [0, 0.05) is 18.8 Å². The summed E-state index contributed by atoms with van der Waals surface area (Å²) in [7, 11) is -3.13. The summed E-state index contributed by atoms with van der Waals surface area (Å²) in [4.78, 5) is 2.34. The maximum Gasteiger partial charge on any atom is 0.178 e. The van der Waals surface area contributed by atoms with Crippen LogP contribution in [0.4, 0.5) is 5.69 Å². The van der Waals surface area contributed by atoms with Gasteiger partial charge in [-0.3, -0.25) is 0 Å². The van der Waals surface area contributed by atoms with Crippen molar-refractivity contribution in [3.63, 3.8) is 0 Å². The lowest BCUT2D eigenvalue weighted by Crippen LogP contribution is -2.26. The smallest absolute Gasteiger partial charge is 0.178 e. The summed E-state index contributed by atoms with van der Waals surface area (Å²) in [6, 6.07) is 6.80. The number of rotatable bonds is 6. The lowest BCUT2D eigenvalue weighted by atomic mass is 10.3. The topological polar surface area (TPSA) is 57.6 Å². The van der Waals surface area contributed by atoms with Gasteiger partial charge in [-0.25, -0.2) is 8.42 Å². The Morgan fingerprint density at radius 2 is 1.76 bits per heavy atom. The van der Waals surface area contributed by atoms with Crippen molar-refractivity contribution in [1.29, 1.82) is 0 Å². The standard InChI is InChI=1S/C12H19NO3S/c1-3-13(9-10-14)11-5-7-12(8-6-11)17(15,16)4-2/h5-8,14H,3-4,9-10H2,1-2H3. The lowest BCUT2D eigenvalue weighted by Gasteiger charge is -2.22. The molecule has 96 valence electrons. The highest BCUT2D eigenvalue weighted by Crippen LogP contribution is 2.18. The molecule has 0 spiro atoms. The van der Waals surface area contributed by atoms with E-state index in [1.165, 1.54) is 0 Å². The van der Waals surface area contributed by atoms with Crippen molar-refractivity contribution in [2.75, 3.05) is 30.3 Å². The minimum absolute atomic E-state index is 0.0862. The van der Waals surface area contributed by atoms with Crippen LogP contribution in [0.3, 0.4) is 0 Å². The van der Waals surface area contributed by atoms with Crippen molar-refractivity contribution >= 4 is 15.5 Å². The summed E-state index contributed by atoms with van der Waals surface area (Å²) < 4.78 is 23.2. The predicted octanol–water partition coefficient (Wildman–Crippen LogP) is 1.30. The Bertz CT molecular complexity index is 439. The van der Waals surface area contributed by atoms with Crippen LogP contribution in [0.15, 0.2) is 29.2 Å². The molecule has 1 rings (SSSR count). The van der Waals surface area contributed by atoms with Crippen LogP contribution in [-0.2, 0) is 9.84 Å². The number of nitrogens with zero attached hydrogens (tertiary/aromatic N) is 1. The minimum Gasteiger partial charge on any atom is -0.395 e. The molecule has 4 nitrogen and oxygen atoms in total. The summed E-state index contributed by atoms with van der Waals surface area (Å²) in [6.07, 6.45) is 0. The largest absolute Gasteiger partial charge is 0.395 e. The summed E-state index contributed by atoms with van der Waals surface area (Å²) in [5, 5.41) is 8.91. The van der Waals surface area contributed by atoms with Crippen LogP contribution in [0.25, 0.3) is 0 Å². The fourth-order valence-electron chi connectivity index (χ4n) is 1.62. The number of sulfone groups is 1. The Balaban J connectivity index is 2.95. The van der Waals surface area contributed by atoms with Gasteiger partial charge in [0.05, 0.1) is 17.3 Å². The van der Waals surface area contributed by atoms with E-state index in [-0.39, 0.29) is 12.4 Å². The highest BCUT2D eigenvalue weighted by molar-refractivity contribution is 7.91. The first-order valence-electron chi connectivity index (χ1n) is 5.73. The van der Waals surface area contributed by atoms with Gasteiger partial charge in [-0.2, -0.15) is 0 Å². The molecule has 0 saturated heterocycles. The van der Waals surface area contributed by atoms with E-state index in [9.17, 15) is 8.42 Å². The first kappa shape index (κ1) is 14.0. The van der Waals surface area contributed by atoms with Gasteiger partial charge in [-0.1, -0.05) is 6.92 Å². The number of benzene rings is 1. The van der Waals surface area contributed by atoms with Crippen LogP contribution in [0.5, 0.6) is 0 Å². The van der Waals surface area contributed by atoms with Gasteiger partial charge in [0.15, 0.2) is 9.84 Å². The molecule has 1 aromatic carbocycles. The van der Waals surface area contributed by atoms with Gasteiger partial charge in [-0.05, 0) is 31.2 Å². The molecular weight excluding hydrogens is 238 g/mol. The molecule has 0 bridgehead atoms. The Kier molecular flexibility index (Phi) is 4.96. The number of aliphatic hydroxyl groups excluding tert-OH is 1. The fraction of sp³-hybridized carbons (Fsp3) is 0.500. The SMILES string of the molecule is CCN(CCO)c1ccc(S(=O)(=O)CC)cc1. The van der Waals surface area contributed by atoms with E-state index in [2.05, 4.69) is 0 Å². The van der Waals surface area contributed by atoms with Crippen LogP contribution < -0.4 is 4.90 Å². The van der Waals surface area contributed by atoms with Crippen LogP contribution >= 0.6 is 0 Å². The zero-order chi connectivity index (χ0) is 12.9. The third-order valence-electron chi connectivity index (χ3n) is 2.69. The van der Waals surface area contributed by atoms with E-state index in [0.717, 1.165) is 12.2 Å². The van der Waals surface area contributed by atoms with Crippen molar-refractivity contribution < 1.29 is 13.5 Å². The van der Waals surface area contributed by atoms with Crippen molar-refractivity contribution in [3.05, 3.63) is 24.3 Å². The molecular formula is C12H19NO3S. The highest BCUT2D eigenvalue weighted by Gasteiger charge is 2.11. The third kappa shape index (κ3) is 3.44. The Hall–Kier alpha value is -1.07. The molecule has 0 heterocycles. The van der Waals surface area contributed by atoms with Crippen LogP contribution in [0.2, 0.25) is 0 Å². The number of hydrogen-bond donors (Lipinski definition) is 1. The predicted molar refractivity (Wildman–Crippen MR) is 69.1 cm³/mol. The summed E-state index contributed by atoms with van der Waals surface area (Å²) >= 11 is 0. The monoisotopic (exact) mass is 257 g/mol. The second kappa shape index (κ2) is 6.02. The van der Waals surface area contributed by atoms with E-state index in [1.54, 1.807) is 31.2 Å². The molecule has 0 aliphatic heterocycles. The van der Waals surface area contributed by atoms with Crippen molar-refractivity contribution in [2.24, 2.45) is 0 Å². The Morgan fingerprint density at radius 1 is 1.18 bits per heavy atom. The zero-order valence-electron chi connectivity index (χ0n) is 10.3. The number of likely N-dealkylation sites (N-methyl/N-ethyl adjacent to an activating group) is 1. The lowest BCUT2D eigenvalue weighted by molar-refractivity contribution is 0.302. The highest BCUT2D eigenvalue weighted by atomic mass is 32.2. The van der Waals surface area contributed by atoms with Crippen molar-refractivity contribution in [3.8, 4) is 0 Å². The molecule has 0 aromatic heterocycles. The molecule has 0 fully saturated rings. The van der Waals surface area contributed by atoms with E-state index in [0.29, 0.717) is 11.4 Å². The maximum absolute atomic E-state index is 11.6. The molecule has 0 radical (unpaired) electrons. The first-order valence-corrected chi connectivity index (χ1v) is 7.39. The quantitative estimate of drug-likeness (QED) is 0.834. The Labute approximate surface area is 103 Å². The second-order valence-electron chi connectivity index (χ2n) is 3.70. The molecule has 5 heteroatoms. The van der Waals surface area contributed by atoms with Gasteiger partial charge < -0.3 is 10.0 Å². The van der Waals surface area contributed by atoms with Crippen molar-refractivity contribution in [1.82, 2.24) is 0 Å². The zero-order valence-corrected chi connectivity index (χ0v) is 11.1. The molecule has 0 aliphatic rings. The van der Waals surface area contributed by atoms with Crippen LogP contribution in [0, 0.1) is 0 Å². The van der Waals surface area contributed by atoms with Gasteiger partial charge in [0.1, 0.15) is 0 Å². The number of anilines is 1. The normalized spacial score (nSPS) is 11.5. The second-order valence-corrected chi connectivity index (χ2v) is 5.98. The van der Waals surface area contributed by atoms with E-state index in [1.807, 2.05) is 11.8 Å². The van der Waals surface area contributed by atoms with Gasteiger partial charge in [-0.15, -0.1) is 0 Å². The maximum atomic E-state index is 11.6. The fourth-order valence-corrected chi connectivity index (χ4v) is 2.51. The minimum atomic E-state index is -3.13. The molecule has 1 N–H and O–H groups in total. The molecule has 0 aliphatic carbocycles. The third-order valence-corrected chi connectivity index (χ3v) is 4.44. The molecule has 0 unspecified atom stereocenters. The van der Waals surface area contributed by atoms with Crippen LogP contribution in [-0.4, -0.2) is 39.0 Å². The molecule has 0 saturated carbocycles. The van der Waals surface area contributed by atoms with E-state index < -0.39 is 9.84 Å². The molecule has 1 aromatic rings. The first-order chi connectivity index (χ1) is 8.05. The summed E-state index contributed by atoms with van der Waals surface area (Å²) in [6.45, 7) is 5.04. The van der Waals surface area contributed by atoms with Crippen molar-refractivity contribution in [2.45, 2.75) is 18.7 Å². The molecule has 17 heavy (non-hydrogen) atoms. The number of aliphatic hydroxyl groups is 1. The van der Waals surface area contributed by atoms with Crippen LogP contribution in [0.1, 0.15) is 13.8 Å². The summed E-state index contributed by atoms with van der Waals surface area (Å²) in [5.41, 5.74) is 0.927. The molecule has 0 atom stereocenters. The van der Waals surface area contributed by atoms with E-state index in [4.69, 9.17) is 5.11 Å². The number of hydrogen-bond acceptors (Lipinski definition) is 4. The molecule has 0 amide bonds. The average molecular weight is 257 g/mol. The van der Waals surface area contributed by atoms with E-state index >= 15 is 0 Å². The summed E-state index contributed by atoms with van der Waals surface area (Å²) in [5.74, 6) is 0.112.